The van der Waals surface area contributed by atoms with Crippen molar-refractivity contribution in [1.29, 1.82) is 0 Å². The molecule has 27 heavy (non-hydrogen) atoms. The first-order chi connectivity index (χ1) is 12.0. The molecule has 0 aliphatic heterocycles. The van der Waals surface area contributed by atoms with Gasteiger partial charge < -0.3 is 15.2 Å². The number of hydrogen-bond donors (Lipinski definition) is 1. The van der Waals surface area contributed by atoms with Crippen LogP contribution in [-0.4, -0.2) is 19.5 Å². The van der Waals surface area contributed by atoms with E-state index in [4.69, 9.17) is 10.5 Å². The van der Waals surface area contributed by atoms with Gasteiger partial charge in [0.2, 0.25) is 0 Å². The third-order valence-corrected chi connectivity index (χ3v) is 3.15. The second-order valence-electron chi connectivity index (χ2n) is 5.04. The molecule has 0 heterocycles. The summed E-state index contributed by atoms with van der Waals surface area (Å²) in [5.41, 5.74) is 3.29. The lowest BCUT2D eigenvalue weighted by molar-refractivity contribution is -0.275. The van der Waals surface area contributed by atoms with Gasteiger partial charge in [-0.2, -0.15) is 13.2 Å². The first-order valence-corrected chi connectivity index (χ1v) is 7.11. The van der Waals surface area contributed by atoms with Crippen LogP contribution in [0.1, 0.15) is 5.56 Å². The summed E-state index contributed by atoms with van der Waals surface area (Å²) in [7, 11) is 0. The predicted octanol–water partition coefficient (Wildman–Crippen LogP) is 5.17. The molecule has 0 aliphatic carbocycles. The van der Waals surface area contributed by atoms with Gasteiger partial charge in [0.25, 0.3) is 0 Å². The van der Waals surface area contributed by atoms with Crippen LogP contribution < -0.4 is 15.2 Å². The van der Waals surface area contributed by atoms with Gasteiger partial charge in [0.1, 0.15) is 12.4 Å². The van der Waals surface area contributed by atoms with Crippen LogP contribution >= 0.6 is 12.4 Å². The molecular formula is C16H13ClF7NO2. The summed E-state index contributed by atoms with van der Waals surface area (Å²) in [5.74, 6) is -2.18. The third kappa shape index (κ3) is 6.17. The number of ether oxygens (including phenoxy) is 2. The Balaban J connectivity index is 0.00000364. The average molecular weight is 420 g/mol. The molecule has 0 bridgehead atoms. The Morgan fingerprint density at radius 1 is 0.889 bits per heavy atom. The standard InChI is InChI=1S/C16H12F7NO2.ClH/c17-12-3-2-10(15(18,19)20)8-11(12)9-1-4-13(25-6-5-24)14(7-9)26-16(21,22)23;/h1-4,7-8H,5-6,24H2;1H. The summed E-state index contributed by atoms with van der Waals surface area (Å²) in [6.45, 7) is -0.110. The van der Waals surface area contributed by atoms with E-state index in [-0.39, 0.29) is 36.9 Å². The molecule has 0 aromatic heterocycles. The topological polar surface area (TPSA) is 44.5 Å². The molecule has 0 radical (unpaired) electrons. The molecule has 2 rings (SSSR count). The zero-order valence-electron chi connectivity index (χ0n) is 13.3. The molecular weight excluding hydrogens is 407 g/mol. The second-order valence-corrected chi connectivity index (χ2v) is 5.04. The van der Waals surface area contributed by atoms with Crippen molar-refractivity contribution >= 4 is 12.4 Å². The number of hydrogen-bond acceptors (Lipinski definition) is 3. The second kappa shape index (κ2) is 8.66. The zero-order valence-corrected chi connectivity index (χ0v) is 14.1. The van der Waals surface area contributed by atoms with Crippen molar-refractivity contribution in [3.05, 3.63) is 47.8 Å². The van der Waals surface area contributed by atoms with Gasteiger partial charge in [0.05, 0.1) is 5.56 Å². The minimum absolute atomic E-state index is 0. The van der Waals surface area contributed by atoms with Gasteiger partial charge in [-0.05, 0) is 35.9 Å². The van der Waals surface area contributed by atoms with Gasteiger partial charge >= 0.3 is 12.5 Å². The van der Waals surface area contributed by atoms with E-state index in [1.165, 1.54) is 0 Å². The van der Waals surface area contributed by atoms with Crippen LogP contribution in [0.4, 0.5) is 30.7 Å². The fourth-order valence-corrected chi connectivity index (χ4v) is 2.09. The van der Waals surface area contributed by atoms with E-state index < -0.39 is 35.2 Å². The highest BCUT2D eigenvalue weighted by molar-refractivity contribution is 5.85. The Bertz CT molecular complexity index is 778. The van der Waals surface area contributed by atoms with Gasteiger partial charge in [-0.3, -0.25) is 0 Å². The Kier molecular flexibility index (Phi) is 7.32. The van der Waals surface area contributed by atoms with E-state index in [2.05, 4.69) is 4.74 Å². The zero-order chi connectivity index (χ0) is 19.5. The number of halogens is 8. The molecule has 2 aromatic carbocycles. The Hall–Kier alpha value is -2.20. The summed E-state index contributed by atoms with van der Waals surface area (Å²) >= 11 is 0. The van der Waals surface area contributed by atoms with Crippen LogP contribution in [0.15, 0.2) is 36.4 Å². The van der Waals surface area contributed by atoms with Gasteiger partial charge in [-0.25, -0.2) is 4.39 Å². The first-order valence-electron chi connectivity index (χ1n) is 7.11. The van der Waals surface area contributed by atoms with Crippen molar-refractivity contribution in [2.24, 2.45) is 5.73 Å². The smallest absolute Gasteiger partial charge is 0.488 e. The highest BCUT2D eigenvalue weighted by Gasteiger charge is 2.33. The Morgan fingerprint density at radius 3 is 2.11 bits per heavy atom. The van der Waals surface area contributed by atoms with Crippen molar-refractivity contribution < 1.29 is 40.2 Å². The van der Waals surface area contributed by atoms with Crippen LogP contribution in [0, 0.1) is 5.82 Å². The molecule has 0 saturated carbocycles. The predicted molar refractivity (Wildman–Crippen MR) is 85.3 cm³/mol. The van der Waals surface area contributed by atoms with Crippen molar-refractivity contribution in [3.8, 4) is 22.6 Å². The van der Waals surface area contributed by atoms with Crippen LogP contribution in [0.5, 0.6) is 11.5 Å². The normalized spacial score (nSPS) is 11.7. The van der Waals surface area contributed by atoms with Gasteiger partial charge in [0, 0.05) is 12.1 Å². The summed E-state index contributed by atoms with van der Waals surface area (Å²) in [6.07, 6.45) is -9.82. The van der Waals surface area contributed by atoms with E-state index in [9.17, 15) is 30.7 Å². The molecule has 0 aliphatic rings. The van der Waals surface area contributed by atoms with Gasteiger partial charge in [-0.15, -0.1) is 25.6 Å². The van der Waals surface area contributed by atoms with E-state index in [1.54, 1.807) is 0 Å². The molecule has 0 amide bonds. The molecule has 3 nitrogen and oxygen atoms in total. The van der Waals surface area contributed by atoms with Crippen LogP contribution in [-0.2, 0) is 6.18 Å². The minimum Gasteiger partial charge on any atom is -0.488 e. The molecule has 0 unspecified atom stereocenters. The monoisotopic (exact) mass is 419 g/mol. The van der Waals surface area contributed by atoms with E-state index in [0.29, 0.717) is 18.2 Å². The van der Waals surface area contributed by atoms with Crippen molar-refractivity contribution in [3.63, 3.8) is 0 Å². The fourth-order valence-electron chi connectivity index (χ4n) is 2.09. The SMILES string of the molecule is Cl.NCCOc1ccc(-c2cc(C(F)(F)F)ccc2F)cc1OC(F)(F)F. The fraction of sp³-hybridized carbons (Fsp3) is 0.250. The molecule has 0 spiro atoms. The largest absolute Gasteiger partial charge is 0.573 e. The Morgan fingerprint density at radius 2 is 1.56 bits per heavy atom. The third-order valence-electron chi connectivity index (χ3n) is 3.15. The lowest BCUT2D eigenvalue weighted by Crippen LogP contribution is -2.18. The molecule has 0 fully saturated rings. The van der Waals surface area contributed by atoms with Crippen LogP contribution in [0.2, 0.25) is 0 Å². The molecule has 0 atom stereocenters. The number of alkyl halides is 6. The van der Waals surface area contributed by atoms with Gasteiger partial charge in [-0.1, -0.05) is 6.07 Å². The van der Waals surface area contributed by atoms with E-state index >= 15 is 0 Å². The van der Waals surface area contributed by atoms with E-state index in [1.807, 2.05) is 0 Å². The van der Waals surface area contributed by atoms with Crippen molar-refractivity contribution in [2.45, 2.75) is 12.5 Å². The van der Waals surface area contributed by atoms with Crippen molar-refractivity contribution in [1.82, 2.24) is 0 Å². The molecule has 2 aromatic rings. The maximum absolute atomic E-state index is 13.9. The summed E-state index contributed by atoms with van der Waals surface area (Å²) in [6, 6.07) is 4.52. The summed E-state index contributed by atoms with van der Waals surface area (Å²) in [4.78, 5) is 0. The summed E-state index contributed by atoms with van der Waals surface area (Å²) < 4.78 is 98.8. The highest BCUT2D eigenvalue weighted by Crippen LogP contribution is 2.38. The lowest BCUT2D eigenvalue weighted by atomic mass is 10.0. The number of nitrogens with two attached hydrogens (primary N) is 1. The maximum Gasteiger partial charge on any atom is 0.573 e. The molecule has 150 valence electrons. The minimum atomic E-state index is -5.08. The molecule has 0 saturated heterocycles. The summed E-state index contributed by atoms with van der Waals surface area (Å²) in [5, 5.41) is 0. The maximum atomic E-state index is 13.9. The number of benzene rings is 2. The number of rotatable bonds is 5. The molecule has 2 N–H and O–H groups in total. The van der Waals surface area contributed by atoms with Crippen LogP contribution in [0.25, 0.3) is 11.1 Å². The average Bonchev–Trinajstić information content (AvgIpc) is 2.51. The highest BCUT2D eigenvalue weighted by atomic mass is 35.5. The quantitative estimate of drug-likeness (QED) is 0.680. The van der Waals surface area contributed by atoms with Gasteiger partial charge in [0.15, 0.2) is 11.5 Å². The van der Waals surface area contributed by atoms with Crippen molar-refractivity contribution in [2.75, 3.05) is 13.2 Å². The first kappa shape index (κ1) is 22.8. The lowest BCUT2D eigenvalue weighted by Gasteiger charge is -2.16. The van der Waals surface area contributed by atoms with Crippen LogP contribution in [0.3, 0.4) is 0 Å². The molecule has 11 heteroatoms. The van der Waals surface area contributed by atoms with E-state index in [0.717, 1.165) is 18.2 Å². The Labute approximate surface area is 155 Å².